The van der Waals surface area contributed by atoms with Gasteiger partial charge in [0.15, 0.2) is 0 Å². The van der Waals surface area contributed by atoms with Crippen LogP contribution in [0.3, 0.4) is 0 Å². The maximum atomic E-state index is 12.4. The highest BCUT2D eigenvalue weighted by Crippen LogP contribution is 2.49. The van der Waals surface area contributed by atoms with Gasteiger partial charge < -0.3 is 10.5 Å². The van der Waals surface area contributed by atoms with Crippen LogP contribution < -0.4 is 5.73 Å². The molecule has 0 aromatic carbocycles. The van der Waals surface area contributed by atoms with Crippen LogP contribution in [0.4, 0.5) is 5.69 Å². The van der Waals surface area contributed by atoms with E-state index in [2.05, 4.69) is 6.92 Å². The van der Waals surface area contributed by atoms with Crippen molar-refractivity contribution in [1.29, 1.82) is 0 Å². The second-order valence-electron chi connectivity index (χ2n) is 7.14. The van der Waals surface area contributed by atoms with Gasteiger partial charge in [-0.15, -0.1) is 11.3 Å². The Morgan fingerprint density at radius 1 is 1.33 bits per heavy atom. The minimum Gasteiger partial charge on any atom is -0.456 e. The van der Waals surface area contributed by atoms with Crippen LogP contribution in [0.1, 0.15) is 79.9 Å². The largest absolute Gasteiger partial charge is 0.456 e. The number of nitrogen functional groups attached to an aromatic ring is 1. The van der Waals surface area contributed by atoms with Crippen LogP contribution in [0.5, 0.6) is 0 Å². The Morgan fingerprint density at radius 2 is 1.90 bits per heavy atom. The van der Waals surface area contributed by atoms with Crippen molar-refractivity contribution in [1.82, 2.24) is 0 Å². The molecule has 0 amide bonds. The van der Waals surface area contributed by atoms with Gasteiger partial charge in [-0.2, -0.15) is 0 Å². The molecule has 3 nitrogen and oxygen atoms in total. The Morgan fingerprint density at radius 3 is 2.38 bits per heavy atom. The summed E-state index contributed by atoms with van der Waals surface area (Å²) in [6.45, 7) is 9.94. The number of rotatable bonds is 3. The Bertz CT molecular complexity index is 534. The van der Waals surface area contributed by atoms with Gasteiger partial charge in [0.05, 0.1) is 5.69 Å². The van der Waals surface area contributed by atoms with Crippen molar-refractivity contribution in [2.75, 3.05) is 5.73 Å². The minimum absolute atomic E-state index is 0.225. The molecule has 1 aliphatic carbocycles. The summed E-state index contributed by atoms with van der Waals surface area (Å²) in [5.41, 5.74) is 7.65. The monoisotopic (exact) mass is 309 g/mol. The molecule has 1 saturated carbocycles. The molecule has 2 N–H and O–H groups in total. The lowest BCUT2D eigenvalue weighted by atomic mass is 9.80. The predicted molar refractivity (Wildman–Crippen MR) is 89.1 cm³/mol. The molecule has 1 aromatic heterocycles. The summed E-state index contributed by atoms with van der Waals surface area (Å²) < 4.78 is 5.49. The summed E-state index contributed by atoms with van der Waals surface area (Å²) in [5.74, 6) is -0.288. The van der Waals surface area contributed by atoms with Gasteiger partial charge in [-0.3, -0.25) is 0 Å². The maximum Gasteiger partial charge on any atom is 0.350 e. The molecule has 4 heteroatoms. The van der Waals surface area contributed by atoms with Crippen molar-refractivity contribution >= 4 is 23.0 Å². The zero-order valence-corrected chi connectivity index (χ0v) is 14.7. The third-order valence-electron chi connectivity index (χ3n) is 4.50. The van der Waals surface area contributed by atoms with Crippen LogP contribution in [0, 0.1) is 6.92 Å². The molecule has 118 valence electrons. The van der Waals surface area contributed by atoms with E-state index in [0.717, 1.165) is 12.0 Å². The number of carbonyl (C=O) groups excluding carboxylic acids is 1. The van der Waals surface area contributed by atoms with Gasteiger partial charge in [-0.25, -0.2) is 4.79 Å². The summed E-state index contributed by atoms with van der Waals surface area (Å²) in [4.78, 5) is 14.2. The normalized spacial score (nSPS) is 18.0. The topological polar surface area (TPSA) is 52.3 Å². The summed E-state index contributed by atoms with van der Waals surface area (Å²) in [7, 11) is 0. The third-order valence-corrected chi connectivity index (χ3v) is 6.03. The second-order valence-corrected chi connectivity index (χ2v) is 8.16. The van der Waals surface area contributed by atoms with Gasteiger partial charge in [-0.1, -0.05) is 19.8 Å². The van der Waals surface area contributed by atoms with E-state index in [9.17, 15) is 4.79 Å². The highest BCUT2D eigenvalue weighted by molar-refractivity contribution is 7.15. The minimum atomic E-state index is -0.489. The Balaban J connectivity index is 2.39. The maximum absolute atomic E-state index is 12.4. The van der Waals surface area contributed by atoms with E-state index >= 15 is 0 Å². The lowest BCUT2D eigenvalue weighted by Crippen LogP contribution is -2.23. The molecule has 0 bridgehead atoms. The first-order valence-electron chi connectivity index (χ1n) is 7.83. The average molecular weight is 309 g/mol. The summed E-state index contributed by atoms with van der Waals surface area (Å²) in [6, 6.07) is 0. The van der Waals surface area contributed by atoms with E-state index in [0.29, 0.717) is 10.6 Å². The fraction of sp³-hybridized carbons (Fsp3) is 0.706. The summed E-state index contributed by atoms with van der Waals surface area (Å²) in [5, 5.41) is 0. The first kappa shape index (κ1) is 16.3. The molecule has 0 aliphatic heterocycles. The van der Waals surface area contributed by atoms with Gasteiger partial charge in [0.25, 0.3) is 0 Å². The zero-order valence-electron chi connectivity index (χ0n) is 13.8. The number of carbonyl (C=O) groups is 1. The lowest BCUT2D eigenvalue weighted by Gasteiger charge is -2.27. The molecule has 21 heavy (non-hydrogen) atoms. The highest BCUT2D eigenvalue weighted by atomic mass is 32.1. The van der Waals surface area contributed by atoms with Crippen LogP contribution in [-0.2, 0) is 10.2 Å². The Hall–Kier alpha value is -1.03. The summed E-state index contributed by atoms with van der Waals surface area (Å²) in [6.07, 6.45) is 6.07. The molecule has 1 fully saturated rings. The van der Waals surface area contributed by atoms with Crippen molar-refractivity contribution < 1.29 is 9.53 Å². The number of hydrogen-bond donors (Lipinski definition) is 1. The molecular formula is C17H27NO2S. The number of hydrogen-bond acceptors (Lipinski definition) is 4. The molecule has 1 aromatic rings. The van der Waals surface area contributed by atoms with Crippen LogP contribution in [0.2, 0.25) is 0 Å². The fourth-order valence-corrected chi connectivity index (χ4v) is 4.72. The van der Waals surface area contributed by atoms with Crippen molar-refractivity contribution in [2.45, 2.75) is 77.7 Å². The first-order chi connectivity index (χ1) is 9.70. The molecule has 2 rings (SSSR count). The molecule has 0 saturated heterocycles. The van der Waals surface area contributed by atoms with E-state index in [-0.39, 0.29) is 11.4 Å². The molecule has 0 atom stereocenters. The van der Waals surface area contributed by atoms with Gasteiger partial charge in [-0.05, 0) is 52.5 Å². The highest BCUT2D eigenvalue weighted by Gasteiger charge is 2.38. The number of ether oxygens (including phenoxy) is 1. The molecular weight excluding hydrogens is 282 g/mol. The summed E-state index contributed by atoms with van der Waals surface area (Å²) >= 11 is 1.56. The molecule has 1 aliphatic rings. The lowest BCUT2D eigenvalue weighted by molar-refractivity contribution is 0.00763. The number of anilines is 1. The fourth-order valence-electron chi connectivity index (χ4n) is 3.30. The number of thiophene rings is 1. The SMILES string of the molecule is CCC1(c2sc(C(=O)OC(C)(C)C)c(N)c2C)CCCC1. The van der Waals surface area contributed by atoms with Crippen molar-refractivity contribution in [2.24, 2.45) is 0 Å². The first-order valence-corrected chi connectivity index (χ1v) is 8.64. The molecule has 1 heterocycles. The van der Waals surface area contributed by atoms with Gasteiger partial charge in [0.2, 0.25) is 0 Å². The van der Waals surface area contributed by atoms with Crippen molar-refractivity contribution in [3.05, 3.63) is 15.3 Å². The smallest absolute Gasteiger partial charge is 0.350 e. The van der Waals surface area contributed by atoms with Crippen LogP contribution in [0.25, 0.3) is 0 Å². The van der Waals surface area contributed by atoms with Gasteiger partial charge >= 0.3 is 5.97 Å². The van der Waals surface area contributed by atoms with E-state index in [1.807, 2.05) is 27.7 Å². The Labute approximate surface area is 131 Å². The standard InChI is InChI=1S/C17H27NO2S/c1-6-17(9-7-8-10-17)14-11(2)12(18)13(21-14)15(19)20-16(3,4)5/h6-10,18H2,1-5H3. The van der Waals surface area contributed by atoms with Crippen LogP contribution in [-0.4, -0.2) is 11.6 Å². The van der Waals surface area contributed by atoms with Gasteiger partial charge in [0.1, 0.15) is 10.5 Å². The van der Waals surface area contributed by atoms with Crippen molar-refractivity contribution in [3.8, 4) is 0 Å². The second kappa shape index (κ2) is 5.64. The quantitative estimate of drug-likeness (QED) is 0.815. The van der Waals surface area contributed by atoms with Crippen molar-refractivity contribution in [3.63, 3.8) is 0 Å². The molecule has 0 spiro atoms. The van der Waals surface area contributed by atoms with E-state index in [1.54, 1.807) is 11.3 Å². The average Bonchev–Trinajstić information content (AvgIpc) is 2.95. The number of nitrogens with two attached hydrogens (primary N) is 1. The van der Waals surface area contributed by atoms with E-state index in [4.69, 9.17) is 10.5 Å². The van der Waals surface area contributed by atoms with Gasteiger partial charge in [0, 0.05) is 10.3 Å². The zero-order chi connectivity index (χ0) is 15.8. The molecule has 0 unspecified atom stereocenters. The molecule has 0 radical (unpaired) electrons. The third kappa shape index (κ3) is 3.10. The van der Waals surface area contributed by atoms with Crippen LogP contribution in [0.15, 0.2) is 0 Å². The van der Waals surface area contributed by atoms with E-state index < -0.39 is 5.60 Å². The Kier molecular flexibility index (Phi) is 4.39. The predicted octanol–water partition coefficient (Wildman–Crippen LogP) is 4.82. The number of esters is 1. The van der Waals surface area contributed by atoms with E-state index in [1.165, 1.54) is 30.6 Å². The van der Waals surface area contributed by atoms with Crippen LogP contribution >= 0.6 is 11.3 Å².